The van der Waals surface area contributed by atoms with Gasteiger partial charge in [-0.1, -0.05) is 24.3 Å². The fourth-order valence-corrected chi connectivity index (χ4v) is 2.59. The van der Waals surface area contributed by atoms with E-state index in [2.05, 4.69) is 10.3 Å². The van der Waals surface area contributed by atoms with Crippen molar-refractivity contribution in [2.24, 2.45) is 0 Å². The van der Waals surface area contributed by atoms with E-state index in [0.717, 1.165) is 22.2 Å². The van der Waals surface area contributed by atoms with Gasteiger partial charge >= 0.3 is 5.97 Å². The molecular weight excluding hydrogens is 304 g/mol. The molecule has 3 rings (SSSR count). The first-order chi connectivity index (χ1) is 11.7. The van der Waals surface area contributed by atoms with Crippen LogP contribution >= 0.6 is 0 Å². The number of rotatable bonds is 5. The number of carbonyl (C=O) groups is 1. The average Bonchev–Trinajstić information content (AvgIpc) is 2.65. The summed E-state index contributed by atoms with van der Waals surface area (Å²) in [5, 5.41) is 4.45. The monoisotopic (exact) mass is 322 g/mol. The molecule has 5 heteroatoms. The van der Waals surface area contributed by atoms with Gasteiger partial charge in [-0.3, -0.25) is 4.98 Å². The lowest BCUT2D eigenvalue weighted by Gasteiger charge is -2.12. The molecule has 24 heavy (non-hydrogen) atoms. The Kier molecular flexibility index (Phi) is 4.61. The maximum Gasteiger partial charge on any atom is 0.341 e. The van der Waals surface area contributed by atoms with Crippen molar-refractivity contribution in [2.45, 2.75) is 6.54 Å². The summed E-state index contributed by atoms with van der Waals surface area (Å²) in [6.07, 6.45) is 1.79. The molecule has 1 N–H and O–H groups in total. The molecule has 3 aromatic rings. The molecule has 0 aliphatic carbocycles. The first-order valence-electron chi connectivity index (χ1n) is 7.56. The summed E-state index contributed by atoms with van der Waals surface area (Å²) < 4.78 is 10.0. The van der Waals surface area contributed by atoms with Gasteiger partial charge in [0.15, 0.2) is 0 Å². The molecule has 0 fully saturated rings. The number of para-hydroxylation sites is 1. The second-order valence-corrected chi connectivity index (χ2v) is 5.25. The normalized spacial score (nSPS) is 10.4. The lowest BCUT2D eigenvalue weighted by molar-refractivity contribution is 0.0597. The summed E-state index contributed by atoms with van der Waals surface area (Å²) in [5.74, 6) is 0.0551. The van der Waals surface area contributed by atoms with Crippen molar-refractivity contribution in [3.63, 3.8) is 0 Å². The smallest absolute Gasteiger partial charge is 0.341 e. The number of nitrogens with one attached hydrogen (secondary N) is 1. The number of esters is 1. The first-order valence-corrected chi connectivity index (χ1v) is 7.56. The number of aromatic nitrogens is 1. The van der Waals surface area contributed by atoms with E-state index in [0.29, 0.717) is 17.9 Å². The summed E-state index contributed by atoms with van der Waals surface area (Å²) in [7, 11) is 2.88. The molecule has 0 saturated carbocycles. The van der Waals surface area contributed by atoms with Crippen molar-refractivity contribution in [3.8, 4) is 5.75 Å². The molecule has 0 unspecified atom stereocenters. The van der Waals surface area contributed by atoms with E-state index >= 15 is 0 Å². The van der Waals surface area contributed by atoms with E-state index in [-0.39, 0.29) is 0 Å². The number of anilines is 1. The summed E-state index contributed by atoms with van der Waals surface area (Å²) >= 11 is 0. The number of methoxy groups -OCH3 is 2. The van der Waals surface area contributed by atoms with E-state index in [1.165, 1.54) is 14.2 Å². The fraction of sp³-hybridized carbons (Fsp3) is 0.158. The molecule has 5 nitrogen and oxygen atoms in total. The Balaban J connectivity index is 1.82. The largest absolute Gasteiger partial charge is 0.496 e. The van der Waals surface area contributed by atoms with Crippen LogP contribution in [0.1, 0.15) is 15.9 Å². The zero-order valence-corrected chi connectivity index (χ0v) is 13.6. The van der Waals surface area contributed by atoms with Gasteiger partial charge in [0.1, 0.15) is 11.3 Å². The summed E-state index contributed by atoms with van der Waals surface area (Å²) in [6.45, 7) is 0.620. The number of nitrogens with zero attached hydrogens (tertiary/aromatic N) is 1. The van der Waals surface area contributed by atoms with Crippen LogP contribution in [-0.4, -0.2) is 25.2 Å². The van der Waals surface area contributed by atoms with Crippen molar-refractivity contribution in [2.75, 3.05) is 19.5 Å². The van der Waals surface area contributed by atoms with Crippen LogP contribution in [0.2, 0.25) is 0 Å². The summed E-state index contributed by atoms with van der Waals surface area (Å²) in [6, 6.07) is 15.4. The Hall–Kier alpha value is -3.08. The predicted octanol–water partition coefficient (Wildman–Crippen LogP) is 3.64. The second kappa shape index (κ2) is 7.00. The number of ether oxygens (including phenoxy) is 2. The highest BCUT2D eigenvalue weighted by Crippen LogP contribution is 2.25. The third-order valence-electron chi connectivity index (χ3n) is 3.81. The van der Waals surface area contributed by atoms with Crippen LogP contribution < -0.4 is 10.1 Å². The Morgan fingerprint density at radius 1 is 1.12 bits per heavy atom. The van der Waals surface area contributed by atoms with Crippen molar-refractivity contribution in [1.82, 2.24) is 4.98 Å². The highest BCUT2D eigenvalue weighted by molar-refractivity contribution is 5.93. The molecule has 0 amide bonds. The third kappa shape index (κ3) is 3.15. The molecule has 0 aliphatic heterocycles. The molecule has 0 spiro atoms. The topological polar surface area (TPSA) is 60.5 Å². The summed E-state index contributed by atoms with van der Waals surface area (Å²) in [4.78, 5) is 16.1. The maximum absolute atomic E-state index is 11.7. The number of fused-ring (bicyclic) bond motifs is 1. The van der Waals surface area contributed by atoms with Crippen molar-refractivity contribution in [1.29, 1.82) is 0 Å². The van der Waals surface area contributed by atoms with Gasteiger partial charge < -0.3 is 14.8 Å². The molecule has 0 atom stereocenters. The van der Waals surface area contributed by atoms with Crippen LogP contribution in [-0.2, 0) is 11.3 Å². The molecule has 1 heterocycles. The maximum atomic E-state index is 11.7. The van der Waals surface area contributed by atoms with Gasteiger partial charge in [0.05, 0.1) is 19.7 Å². The minimum absolute atomic E-state index is 0.400. The minimum Gasteiger partial charge on any atom is -0.496 e. The average molecular weight is 322 g/mol. The van der Waals surface area contributed by atoms with Gasteiger partial charge in [-0.15, -0.1) is 0 Å². The summed E-state index contributed by atoms with van der Waals surface area (Å²) in [5.41, 5.74) is 3.33. The number of hydrogen-bond acceptors (Lipinski definition) is 5. The number of carbonyl (C=O) groups excluding carboxylic acids is 1. The van der Waals surface area contributed by atoms with Crippen molar-refractivity contribution < 1.29 is 14.3 Å². The first kappa shape index (κ1) is 15.8. The van der Waals surface area contributed by atoms with Crippen molar-refractivity contribution in [3.05, 3.63) is 65.9 Å². The van der Waals surface area contributed by atoms with E-state index in [9.17, 15) is 4.79 Å². The fourth-order valence-electron chi connectivity index (χ4n) is 2.59. The number of benzene rings is 2. The molecule has 0 bridgehead atoms. The Bertz CT molecular complexity index is 872. The zero-order chi connectivity index (χ0) is 16.9. The SMILES string of the molecule is COC(=O)c1ccc(NCc2cccc3cccnc23)cc1OC. The third-order valence-corrected chi connectivity index (χ3v) is 3.81. The van der Waals surface area contributed by atoms with E-state index < -0.39 is 5.97 Å². The van der Waals surface area contributed by atoms with Crippen LogP contribution in [0.4, 0.5) is 5.69 Å². The predicted molar refractivity (Wildman–Crippen MR) is 93.4 cm³/mol. The van der Waals surface area contributed by atoms with E-state index in [4.69, 9.17) is 9.47 Å². The molecule has 1 aromatic heterocycles. The molecule has 0 aliphatic rings. The number of pyridine rings is 1. The lowest BCUT2D eigenvalue weighted by atomic mass is 10.1. The zero-order valence-electron chi connectivity index (χ0n) is 13.6. The highest BCUT2D eigenvalue weighted by Gasteiger charge is 2.13. The minimum atomic E-state index is -0.420. The second-order valence-electron chi connectivity index (χ2n) is 5.25. The van der Waals surface area contributed by atoms with E-state index in [1.54, 1.807) is 18.3 Å². The Morgan fingerprint density at radius 2 is 1.96 bits per heavy atom. The molecular formula is C19H18N2O3. The quantitative estimate of drug-likeness (QED) is 0.727. The van der Waals surface area contributed by atoms with Gasteiger partial charge in [0, 0.05) is 29.9 Å². The van der Waals surface area contributed by atoms with Crippen LogP contribution in [0.3, 0.4) is 0 Å². The van der Waals surface area contributed by atoms with Crippen LogP contribution in [0.5, 0.6) is 5.75 Å². The van der Waals surface area contributed by atoms with Gasteiger partial charge in [0.25, 0.3) is 0 Å². The van der Waals surface area contributed by atoms with Gasteiger partial charge in [-0.2, -0.15) is 0 Å². The molecule has 0 saturated heterocycles. The number of hydrogen-bond donors (Lipinski definition) is 1. The van der Waals surface area contributed by atoms with Crippen LogP contribution in [0.25, 0.3) is 10.9 Å². The van der Waals surface area contributed by atoms with Crippen LogP contribution in [0.15, 0.2) is 54.7 Å². The standard InChI is InChI=1S/C19H18N2O3/c1-23-17-11-15(8-9-16(17)19(22)24-2)21-12-14-6-3-5-13-7-4-10-20-18(13)14/h3-11,21H,12H2,1-2H3. The Labute approximate surface area is 140 Å². The molecule has 122 valence electrons. The lowest BCUT2D eigenvalue weighted by Crippen LogP contribution is -2.06. The van der Waals surface area contributed by atoms with E-state index in [1.807, 2.05) is 36.4 Å². The van der Waals surface area contributed by atoms with Crippen LogP contribution in [0, 0.1) is 0 Å². The van der Waals surface area contributed by atoms with Gasteiger partial charge in [0.2, 0.25) is 0 Å². The highest BCUT2D eigenvalue weighted by atomic mass is 16.5. The molecule has 0 radical (unpaired) electrons. The van der Waals surface area contributed by atoms with Gasteiger partial charge in [-0.05, 0) is 23.8 Å². The molecule has 2 aromatic carbocycles. The van der Waals surface area contributed by atoms with Gasteiger partial charge in [-0.25, -0.2) is 4.79 Å². The Morgan fingerprint density at radius 3 is 2.75 bits per heavy atom. The van der Waals surface area contributed by atoms with Crippen molar-refractivity contribution >= 4 is 22.6 Å².